The molecule has 2 saturated heterocycles. The fourth-order valence-electron chi connectivity index (χ4n) is 4.97. The average Bonchev–Trinajstić information content (AvgIpc) is 3.49. The number of hydrogen-bond donors (Lipinski definition) is 1. The number of hydrogen-bond acceptors (Lipinski definition) is 7. The minimum atomic E-state index is -0.0980. The summed E-state index contributed by atoms with van der Waals surface area (Å²) in [6.07, 6.45) is 6.42. The van der Waals surface area contributed by atoms with Crippen molar-refractivity contribution in [3.05, 3.63) is 42.2 Å². The van der Waals surface area contributed by atoms with Gasteiger partial charge in [0.1, 0.15) is 23.1 Å². The van der Waals surface area contributed by atoms with Gasteiger partial charge in [-0.15, -0.1) is 0 Å². The molecule has 2 aromatic heterocycles. The lowest BCUT2D eigenvalue weighted by Gasteiger charge is -2.35. The number of nitrogens with zero attached hydrogens (tertiary/aromatic N) is 4. The molecule has 0 saturated carbocycles. The first-order valence-corrected chi connectivity index (χ1v) is 13.3. The zero-order chi connectivity index (χ0) is 24.5. The number of ether oxygens (including phenoxy) is 2. The van der Waals surface area contributed by atoms with Crippen molar-refractivity contribution in [1.29, 1.82) is 0 Å². The number of methoxy groups -OCH3 is 1. The van der Waals surface area contributed by atoms with Gasteiger partial charge in [-0.05, 0) is 49.4 Å². The zero-order valence-electron chi connectivity index (χ0n) is 20.8. The van der Waals surface area contributed by atoms with Crippen LogP contribution in [0.3, 0.4) is 0 Å². The molecular formula is C26H33N5O3S. The van der Waals surface area contributed by atoms with E-state index in [0.29, 0.717) is 13.0 Å². The molecule has 0 aliphatic carbocycles. The Kier molecular flexibility index (Phi) is 6.80. The van der Waals surface area contributed by atoms with Gasteiger partial charge in [-0.25, -0.2) is 8.82 Å². The first-order chi connectivity index (χ1) is 17.0. The lowest BCUT2D eigenvalue weighted by molar-refractivity contribution is -0.119. The van der Waals surface area contributed by atoms with Crippen molar-refractivity contribution in [3.8, 4) is 22.6 Å². The molecule has 2 unspecified atom stereocenters. The third-order valence-corrected chi connectivity index (χ3v) is 7.98. The Morgan fingerprint density at radius 1 is 1.14 bits per heavy atom. The average molecular weight is 496 g/mol. The Morgan fingerprint density at radius 2 is 1.91 bits per heavy atom. The van der Waals surface area contributed by atoms with Gasteiger partial charge in [-0.1, -0.05) is 18.0 Å². The number of rotatable bonds is 7. The quantitative estimate of drug-likeness (QED) is 0.502. The van der Waals surface area contributed by atoms with Gasteiger partial charge in [0.2, 0.25) is 5.91 Å². The highest BCUT2D eigenvalue weighted by atomic mass is 32.2. The largest absolute Gasteiger partial charge is 0.495 e. The number of nitrogens with one attached hydrogen (secondary N) is 1. The summed E-state index contributed by atoms with van der Waals surface area (Å²) in [4.78, 5) is 14.1. The summed E-state index contributed by atoms with van der Waals surface area (Å²) in [5.41, 5.74) is 5.17. The molecule has 8 nitrogen and oxygen atoms in total. The molecule has 9 heteroatoms. The number of pyridine rings is 1. The van der Waals surface area contributed by atoms with Gasteiger partial charge >= 0.3 is 0 Å². The monoisotopic (exact) mass is 495 g/mol. The molecule has 0 bridgehead atoms. The van der Waals surface area contributed by atoms with Crippen LogP contribution in [-0.2, 0) is 4.79 Å². The molecule has 0 spiro atoms. The van der Waals surface area contributed by atoms with Gasteiger partial charge in [-0.3, -0.25) is 4.79 Å². The van der Waals surface area contributed by atoms with Crippen LogP contribution in [0.5, 0.6) is 11.5 Å². The van der Waals surface area contributed by atoms with Gasteiger partial charge in [0, 0.05) is 56.8 Å². The number of carbonyl (C=O) groups is 1. The summed E-state index contributed by atoms with van der Waals surface area (Å²) in [6.45, 7) is 8.74. The van der Waals surface area contributed by atoms with Crippen molar-refractivity contribution >= 4 is 29.1 Å². The van der Waals surface area contributed by atoms with E-state index >= 15 is 0 Å². The molecule has 2 atom stereocenters. The number of aromatic nitrogens is 2. The Morgan fingerprint density at radius 3 is 2.60 bits per heavy atom. The zero-order valence-corrected chi connectivity index (χ0v) is 21.6. The minimum Gasteiger partial charge on any atom is -0.495 e. The van der Waals surface area contributed by atoms with Gasteiger partial charge in [-0.2, -0.15) is 5.10 Å². The lowest BCUT2D eigenvalue weighted by atomic mass is 10.0. The van der Waals surface area contributed by atoms with Gasteiger partial charge in [0.25, 0.3) is 0 Å². The van der Waals surface area contributed by atoms with Crippen molar-refractivity contribution < 1.29 is 14.3 Å². The van der Waals surface area contributed by atoms with Gasteiger partial charge < -0.3 is 19.7 Å². The van der Waals surface area contributed by atoms with E-state index in [1.807, 2.05) is 30.8 Å². The molecule has 5 rings (SSSR count). The summed E-state index contributed by atoms with van der Waals surface area (Å²) in [7, 11) is 1.73. The van der Waals surface area contributed by atoms with E-state index in [9.17, 15) is 4.79 Å². The fraction of sp³-hybridized carbons (Fsp3) is 0.462. The van der Waals surface area contributed by atoms with E-state index in [1.165, 1.54) is 0 Å². The maximum atomic E-state index is 11.7. The molecule has 186 valence electrons. The Bertz CT molecular complexity index is 1220. The standard InChI is InChI=1S/C26H33N5O3S/c1-17-14-28-31-16-21(12-24(26(17)31)34-18(2)20-13-25(32)27-15-20)19-5-6-22(23(11-19)33-3)29-7-9-30(35-4)10-8-29/h5-6,11-12,14,16,18,20H,7-10,13,15H2,1-4H3,(H,27,32). The summed E-state index contributed by atoms with van der Waals surface area (Å²) in [5, 5.41) is 7.46. The molecule has 1 amide bonds. The summed E-state index contributed by atoms with van der Waals surface area (Å²) in [6, 6.07) is 8.47. The molecule has 3 aromatic rings. The van der Waals surface area contributed by atoms with Crippen LogP contribution < -0.4 is 19.7 Å². The molecule has 1 aromatic carbocycles. The normalized spacial score (nSPS) is 19.7. The van der Waals surface area contributed by atoms with E-state index in [4.69, 9.17) is 9.47 Å². The van der Waals surface area contributed by atoms with Crippen molar-refractivity contribution in [3.63, 3.8) is 0 Å². The van der Waals surface area contributed by atoms with E-state index in [2.05, 4.69) is 50.1 Å². The SMILES string of the molecule is COc1cc(-c2cc(OC(C)C3CNC(=O)C3)c3c(C)cnn3c2)ccc1N1CCN(SC)CC1. The number of benzene rings is 1. The first kappa shape index (κ1) is 23.8. The van der Waals surface area contributed by atoms with Crippen molar-refractivity contribution in [2.75, 3.05) is 51.0 Å². The van der Waals surface area contributed by atoms with Gasteiger partial charge in [0.05, 0.1) is 19.0 Å². The number of amides is 1. The molecule has 2 aliphatic rings. The van der Waals surface area contributed by atoms with Crippen LogP contribution in [0.15, 0.2) is 36.7 Å². The van der Waals surface area contributed by atoms with Crippen LogP contribution >= 0.6 is 11.9 Å². The second kappa shape index (κ2) is 9.99. The summed E-state index contributed by atoms with van der Waals surface area (Å²) >= 11 is 1.80. The number of fused-ring (bicyclic) bond motifs is 1. The first-order valence-electron chi connectivity index (χ1n) is 12.1. The highest BCUT2D eigenvalue weighted by Gasteiger charge is 2.29. The van der Waals surface area contributed by atoms with Crippen molar-refractivity contribution in [2.24, 2.45) is 5.92 Å². The smallest absolute Gasteiger partial charge is 0.220 e. The predicted molar refractivity (Wildman–Crippen MR) is 140 cm³/mol. The van der Waals surface area contributed by atoms with Crippen LogP contribution in [0.25, 0.3) is 16.6 Å². The summed E-state index contributed by atoms with van der Waals surface area (Å²) in [5.74, 6) is 1.89. The van der Waals surface area contributed by atoms with E-state index in [-0.39, 0.29) is 17.9 Å². The highest BCUT2D eigenvalue weighted by Crippen LogP contribution is 2.37. The Labute approximate surface area is 210 Å². The lowest BCUT2D eigenvalue weighted by Crippen LogP contribution is -2.43. The van der Waals surface area contributed by atoms with Gasteiger partial charge in [0.15, 0.2) is 0 Å². The second-order valence-corrected chi connectivity index (χ2v) is 10.2. The number of anilines is 1. The Balaban J connectivity index is 1.46. The molecule has 1 N–H and O–H groups in total. The number of piperazine rings is 1. The van der Waals surface area contributed by atoms with Crippen molar-refractivity contribution in [1.82, 2.24) is 19.2 Å². The van der Waals surface area contributed by atoms with Crippen LogP contribution in [0, 0.1) is 12.8 Å². The molecular weight excluding hydrogens is 462 g/mol. The molecule has 2 fully saturated rings. The van der Waals surface area contributed by atoms with Crippen molar-refractivity contribution in [2.45, 2.75) is 26.4 Å². The van der Waals surface area contributed by atoms with Crippen LogP contribution in [-0.4, -0.2) is 72.0 Å². The predicted octanol–water partition coefficient (Wildman–Crippen LogP) is 3.62. The topological polar surface area (TPSA) is 71.3 Å². The molecule has 4 heterocycles. The van der Waals surface area contributed by atoms with E-state index < -0.39 is 0 Å². The van der Waals surface area contributed by atoms with Crippen LogP contribution in [0.1, 0.15) is 18.9 Å². The maximum absolute atomic E-state index is 11.7. The third-order valence-electron chi connectivity index (χ3n) is 7.10. The van der Waals surface area contributed by atoms with Crippen LogP contribution in [0.4, 0.5) is 5.69 Å². The second-order valence-electron chi connectivity index (χ2n) is 9.29. The molecule has 0 radical (unpaired) electrons. The number of aryl methyl sites for hydroxylation is 1. The third kappa shape index (κ3) is 4.79. The highest BCUT2D eigenvalue weighted by molar-refractivity contribution is 7.96. The molecule has 2 aliphatic heterocycles. The Hall–Kier alpha value is -2.91. The number of carbonyl (C=O) groups excluding carboxylic acids is 1. The maximum Gasteiger partial charge on any atom is 0.220 e. The van der Waals surface area contributed by atoms with E-state index in [0.717, 1.165) is 65.6 Å². The fourth-order valence-corrected chi connectivity index (χ4v) is 5.49. The van der Waals surface area contributed by atoms with E-state index in [1.54, 1.807) is 19.1 Å². The van der Waals surface area contributed by atoms with Crippen LogP contribution in [0.2, 0.25) is 0 Å². The summed E-state index contributed by atoms with van der Waals surface area (Å²) < 4.78 is 16.6. The molecule has 35 heavy (non-hydrogen) atoms. The minimum absolute atomic E-state index is 0.0897.